The van der Waals surface area contributed by atoms with Crippen molar-refractivity contribution < 1.29 is 4.39 Å². The summed E-state index contributed by atoms with van der Waals surface area (Å²) in [5.74, 6) is 0.521. The third-order valence-corrected chi connectivity index (χ3v) is 3.35. The zero-order chi connectivity index (χ0) is 14.5. The maximum atomic E-state index is 12.9. The molecule has 0 aliphatic carbocycles. The van der Waals surface area contributed by atoms with Crippen LogP contribution in [0.5, 0.6) is 0 Å². The Kier molecular flexibility index (Phi) is 4.93. The predicted octanol–water partition coefficient (Wildman–Crippen LogP) is 3.75. The van der Waals surface area contributed by atoms with Crippen molar-refractivity contribution >= 4 is 23.1 Å². The van der Waals surface area contributed by atoms with Crippen LogP contribution >= 0.6 is 11.6 Å². The van der Waals surface area contributed by atoms with Gasteiger partial charge in [0.05, 0.1) is 10.7 Å². The number of hydrogen-bond donors (Lipinski definition) is 1. The van der Waals surface area contributed by atoms with Crippen LogP contribution in [0.1, 0.15) is 12.6 Å². The van der Waals surface area contributed by atoms with E-state index in [1.54, 1.807) is 12.1 Å². The molecule has 0 radical (unpaired) electrons. The number of aromatic nitrogens is 1. The van der Waals surface area contributed by atoms with Crippen LogP contribution in [0.2, 0.25) is 5.02 Å². The highest BCUT2D eigenvalue weighted by Crippen LogP contribution is 2.24. The van der Waals surface area contributed by atoms with E-state index in [1.807, 2.05) is 31.0 Å². The Morgan fingerprint density at radius 3 is 2.55 bits per heavy atom. The molecule has 0 unspecified atom stereocenters. The Balaban J connectivity index is 2.25. The zero-order valence-corrected chi connectivity index (χ0v) is 12.3. The molecule has 0 spiro atoms. The van der Waals surface area contributed by atoms with Crippen LogP contribution in [0, 0.1) is 5.82 Å². The molecule has 5 heteroatoms. The maximum Gasteiger partial charge on any atom is 0.133 e. The van der Waals surface area contributed by atoms with Crippen molar-refractivity contribution in [3.05, 3.63) is 52.9 Å². The second kappa shape index (κ2) is 6.68. The van der Waals surface area contributed by atoms with E-state index in [0.717, 1.165) is 23.7 Å². The number of pyridine rings is 1. The van der Waals surface area contributed by atoms with Crippen LogP contribution in [0.15, 0.2) is 36.4 Å². The first-order valence-electron chi connectivity index (χ1n) is 6.47. The molecule has 0 aliphatic heterocycles. The lowest BCUT2D eigenvalue weighted by Gasteiger charge is -2.19. The van der Waals surface area contributed by atoms with Crippen molar-refractivity contribution in [2.24, 2.45) is 0 Å². The fourth-order valence-electron chi connectivity index (χ4n) is 1.82. The highest BCUT2D eigenvalue weighted by molar-refractivity contribution is 6.31. The van der Waals surface area contributed by atoms with E-state index in [-0.39, 0.29) is 5.82 Å². The van der Waals surface area contributed by atoms with Crippen molar-refractivity contribution in [2.45, 2.75) is 13.5 Å². The van der Waals surface area contributed by atoms with Crippen molar-refractivity contribution in [3.8, 4) is 0 Å². The fourth-order valence-corrected chi connectivity index (χ4v) is 2.00. The van der Waals surface area contributed by atoms with Crippen LogP contribution in [0.4, 0.5) is 15.9 Å². The Hall–Kier alpha value is -1.65. The van der Waals surface area contributed by atoms with Gasteiger partial charge in [0.15, 0.2) is 0 Å². The average Bonchev–Trinajstić information content (AvgIpc) is 2.46. The molecule has 0 saturated heterocycles. The monoisotopic (exact) mass is 293 g/mol. The average molecular weight is 294 g/mol. The van der Waals surface area contributed by atoms with Crippen molar-refractivity contribution in [2.75, 3.05) is 18.5 Å². The molecular weight excluding hydrogens is 277 g/mol. The summed E-state index contributed by atoms with van der Waals surface area (Å²) in [5.41, 5.74) is 1.68. The predicted molar refractivity (Wildman–Crippen MR) is 81.1 cm³/mol. The normalized spacial score (nSPS) is 10.6. The second-order valence-electron chi connectivity index (χ2n) is 4.41. The minimum Gasteiger partial charge on any atom is -0.329 e. The van der Waals surface area contributed by atoms with Gasteiger partial charge in [-0.1, -0.05) is 18.5 Å². The Morgan fingerprint density at radius 1 is 1.20 bits per heavy atom. The fraction of sp³-hybridized carbons (Fsp3) is 0.267. The number of nitrogens with one attached hydrogen (secondary N) is 1. The van der Waals surface area contributed by atoms with Crippen LogP contribution in [-0.4, -0.2) is 18.6 Å². The van der Waals surface area contributed by atoms with Gasteiger partial charge >= 0.3 is 0 Å². The van der Waals surface area contributed by atoms with E-state index in [9.17, 15) is 4.39 Å². The van der Waals surface area contributed by atoms with E-state index < -0.39 is 0 Å². The molecule has 1 N–H and O–H groups in total. The van der Waals surface area contributed by atoms with Crippen LogP contribution in [0.25, 0.3) is 0 Å². The molecule has 1 aromatic carbocycles. The Bertz CT molecular complexity index is 572. The number of anilines is 2. The summed E-state index contributed by atoms with van der Waals surface area (Å²) in [4.78, 5) is 6.44. The molecule has 0 saturated carbocycles. The van der Waals surface area contributed by atoms with Crippen LogP contribution in [0.3, 0.4) is 0 Å². The summed E-state index contributed by atoms with van der Waals surface area (Å²) in [6.07, 6.45) is 0. The van der Waals surface area contributed by atoms with Gasteiger partial charge in [-0.3, -0.25) is 0 Å². The summed E-state index contributed by atoms with van der Waals surface area (Å²) in [6, 6.07) is 9.98. The molecule has 1 aromatic heterocycles. The Labute approximate surface area is 123 Å². The molecule has 0 bridgehead atoms. The van der Waals surface area contributed by atoms with E-state index in [4.69, 9.17) is 11.6 Å². The van der Waals surface area contributed by atoms with Gasteiger partial charge in [-0.2, -0.15) is 0 Å². The largest absolute Gasteiger partial charge is 0.329 e. The van der Waals surface area contributed by atoms with Gasteiger partial charge in [0.2, 0.25) is 0 Å². The standard InChI is InChI=1S/C15H17ClFN3/c1-3-18-10-14-13(16)8-9-15(19-14)20(2)12-6-4-11(17)5-7-12/h4-9,18H,3,10H2,1-2H3. The SMILES string of the molecule is CCNCc1nc(N(C)c2ccc(F)cc2)ccc1Cl. The van der Waals surface area contributed by atoms with Gasteiger partial charge in [-0.05, 0) is 42.9 Å². The summed E-state index contributed by atoms with van der Waals surface area (Å²) >= 11 is 6.13. The lowest BCUT2D eigenvalue weighted by Crippen LogP contribution is -2.16. The third-order valence-electron chi connectivity index (χ3n) is 3.00. The number of nitrogens with zero attached hydrogens (tertiary/aromatic N) is 2. The van der Waals surface area contributed by atoms with E-state index in [0.29, 0.717) is 11.6 Å². The molecule has 3 nitrogen and oxygen atoms in total. The van der Waals surface area contributed by atoms with Gasteiger partial charge in [0.25, 0.3) is 0 Å². The highest BCUT2D eigenvalue weighted by atomic mass is 35.5. The molecule has 20 heavy (non-hydrogen) atoms. The molecule has 0 fully saturated rings. The minimum absolute atomic E-state index is 0.251. The lowest BCUT2D eigenvalue weighted by molar-refractivity contribution is 0.628. The molecule has 0 atom stereocenters. The van der Waals surface area contributed by atoms with E-state index in [2.05, 4.69) is 10.3 Å². The summed E-state index contributed by atoms with van der Waals surface area (Å²) in [6.45, 7) is 3.51. The van der Waals surface area contributed by atoms with Crippen molar-refractivity contribution in [1.82, 2.24) is 10.3 Å². The first-order chi connectivity index (χ1) is 9.61. The minimum atomic E-state index is -0.251. The first kappa shape index (κ1) is 14.8. The van der Waals surface area contributed by atoms with Gasteiger partial charge in [-0.15, -0.1) is 0 Å². The molecular formula is C15H17ClFN3. The second-order valence-corrected chi connectivity index (χ2v) is 4.82. The highest BCUT2D eigenvalue weighted by Gasteiger charge is 2.09. The molecule has 0 amide bonds. The third kappa shape index (κ3) is 3.46. The van der Waals surface area contributed by atoms with Crippen molar-refractivity contribution in [3.63, 3.8) is 0 Å². The molecule has 2 aromatic rings. The number of benzene rings is 1. The van der Waals surface area contributed by atoms with Gasteiger partial charge in [0, 0.05) is 19.3 Å². The van der Waals surface area contributed by atoms with Crippen LogP contribution in [-0.2, 0) is 6.54 Å². The molecule has 106 valence electrons. The number of rotatable bonds is 5. The summed E-state index contributed by atoms with van der Waals surface area (Å²) in [5, 5.41) is 3.84. The molecule has 2 rings (SSSR count). The number of hydrogen-bond acceptors (Lipinski definition) is 3. The van der Waals surface area contributed by atoms with E-state index >= 15 is 0 Å². The summed E-state index contributed by atoms with van der Waals surface area (Å²) in [7, 11) is 1.89. The molecule has 1 heterocycles. The summed E-state index contributed by atoms with van der Waals surface area (Å²) < 4.78 is 12.9. The van der Waals surface area contributed by atoms with Gasteiger partial charge in [-0.25, -0.2) is 9.37 Å². The topological polar surface area (TPSA) is 28.2 Å². The molecule has 0 aliphatic rings. The quantitative estimate of drug-likeness (QED) is 0.910. The first-order valence-corrected chi connectivity index (χ1v) is 6.85. The van der Waals surface area contributed by atoms with Crippen molar-refractivity contribution in [1.29, 1.82) is 0 Å². The maximum absolute atomic E-state index is 12.9. The van der Waals surface area contributed by atoms with Gasteiger partial charge in [0.1, 0.15) is 11.6 Å². The van der Waals surface area contributed by atoms with E-state index in [1.165, 1.54) is 12.1 Å². The van der Waals surface area contributed by atoms with Gasteiger partial charge < -0.3 is 10.2 Å². The number of halogens is 2. The van der Waals surface area contributed by atoms with Crippen LogP contribution < -0.4 is 10.2 Å². The lowest BCUT2D eigenvalue weighted by atomic mass is 10.2. The smallest absolute Gasteiger partial charge is 0.133 e. The Morgan fingerprint density at radius 2 is 1.90 bits per heavy atom. The zero-order valence-electron chi connectivity index (χ0n) is 11.5.